The number of likely N-dealkylation sites (N-methyl/N-ethyl adjacent to an activating group) is 1. The van der Waals surface area contributed by atoms with Crippen LogP contribution in [0.4, 0.5) is 11.4 Å². The number of hydrogen-bond donors (Lipinski definition) is 2. The summed E-state index contributed by atoms with van der Waals surface area (Å²) in [4.78, 5) is 31.8. The number of hydrogen-bond acceptors (Lipinski definition) is 5. The molecule has 32 heavy (non-hydrogen) atoms. The zero-order chi connectivity index (χ0) is 23.3. The number of amides is 2. The van der Waals surface area contributed by atoms with Gasteiger partial charge in [0.15, 0.2) is 0 Å². The van der Waals surface area contributed by atoms with Gasteiger partial charge in [0.1, 0.15) is 0 Å². The van der Waals surface area contributed by atoms with Gasteiger partial charge in [-0.3, -0.25) is 14.5 Å². The van der Waals surface area contributed by atoms with E-state index in [2.05, 4.69) is 56.6 Å². The largest absolute Gasteiger partial charge is 0.378 e. The monoisotopic (exact) mass is 437 g/mol. The van der Waals surface area contributed by atoms with Gasteiger partial charge < -0.3 is 20.4 Å². The van der Waals surface area contributed by atoms with Crippen LogP contribution in [0.2, 0.25) is 0 Å². The predicted octanol–water partition coefficient (Wildman–Crippen LogP) is 2.41. The summed E-state index contributed by atoms with van der Waals surface area (Å²) in [5.74, 6) is -1.26. The minimum absolute atomic E-state index is 0.0123. The van der Waals surface area contributed by atoms with Crippen LogP contribution in [0.3, 0.4) is 0 Å². The van der Waals surface area contributed by atoms with Crippen molar-refractivity contribution < 1.29 is 9.59 Å². The number of nitrogens with one attached hydrogen (secondary N) is 2. The van der Waals surface area contributed by atoms with Crippen LogP contribution < -0.4 is 15.5 Å². The fraction of sp³-hybridized carbons (Fsp3) is 0.440. The molecule has 0 aromatic heterocycles. The first-order chi connectivity index (χ1) is 15.2. The summed E-state index contributed by atoms with van der Waals surface area (Å²) in [5.41, 5.74) is 5.10. The number of carbonyl (C=O) groups excluding carboxylic acids is 2. The zero-order valence-corrected chi connectivity index (χ0v) is 19.8. The van der Waals surface area contributed by atoms with E-state index in [0.717, 1.165) is 48.6 Å². The number of nitrogens with zero attached hydrogens (tertiary/aromatic N) is 3. The van der Waals surface area contributed by atoms with Crippen LogP contribution in [0.5, 0.6) is 0 Å². The molecular weight excluding hydrogens is 402 g/mol. The minimum atomic E-state index is -0.645. The van der Waals surface area contributed by atoms with Crippen molar-refractivity contribution in [3.63, 3.8) is 0 Å². The van der Waals surface area contributed by atoms with Crippen molar-refractivity contribution in [1.29, 1.82) is 0 Å². The highest BCUT2D eigenvalue weighted by Crippen LogP contribution is 2.24. The summed E-state index contributed by atoms with van der Waals surface area (Å²) >= 11 is 0. The van der Waals surface area contributed by atoms with Crippen molar-refractivity contribution in [2.45, 2.75) is 19.9 Å². The molecule has 1 aliphatic rings. The minimum Gasteiger partial charge on any atom is -0.378 e. The number of carbonyl (C=O) groups is 2. The number of anilines is 2. The fourth-order valence-corrected chi connectivity index (χ4v) is 3.86. The van der Waals surface area contributed by atoms with E-state index in [9.17, 15) is 9.59 Å². The van der Waals surface area contributed by atoms with Gasteiger partial charge in [0.05, 0.1) is 6.04 Å². The van der Waals surface area contributed by atoms with Crippen LogP contribution in [0.15, 0.2) is 42.5 Å². The molecule has 1 saturated heterocycles. The molecule has 1 atom stereocenters. The lowest BCUT2D eigenvalue weighted by Gasteiger charge is -2.38. The Bertz CT molecular complexity index is 934. The maximum atomic E-state index is 12.6. The van der Waals surface area contributed by atoms with Crippen molar-refractivity contribution in [2.75, 3.05) is 64.1 Å². The van der Waals surface area contributed by atoms with E-state index in [0.29, 0.717) is 12.2 Å². The Hall–Kier alpha value is -2.90. The Balaban J connectivity index is 1.67. The van der Waals surface area contributed by atoms with Crippen LogP contribution in [0.25, 0.3) is 0 Å². The van der Waals surface area contributed by atoms with Crippen LogP contribution in [0, 0.1) is 13.8 Å². The van der Waals surface area contributed by atoms with Crippen molar-refractivity contribution in [3.8, 4) is 0 Å². The van der Waals surface area contributed by atoms with E-state index < -0.39 is 11.8 Å². The van der Waals surface area contributed by atoms with Crippen LogP contribution in [-0.4, -0.2) is 75.5 Å². The number of piperazine rings is 1. The molecule has 172 valence electrons. The lowest BCUT2D eigenvalue weighted by Crippen LogP contribution is -2.49. The molecule has 0 aliphatic carbocycles. The molecular formula is C25H35N5O2. The Morgan fingerprint density at radius 3 is 2.19 bits per heavy atom. The van der Waals surface area contributed by atoms with Crippen LogP contribution in [0.1, 0.15) is 22.7 Å². The Labute approximate surface area is 191 Å². The Morgan fingerprint density at radius 2 is 1.59 bits per heavy atom. The number of rotatable bonds is 6. The van der Waals surface area contributed by atoms with Gasteiger partial charge in [0, 0.05) is 58.2 Å². The van der Waals surface area contributed by atoms with E-state index in [1.807, 2.05) is 46.1 Å². The molecule has 7 heteroatoms. The van der Waals surface area contributed by atoms with E-state index in [1.54, 1.807) is 0 Å². The summed E-state index contributed by atoms with van der Waals surface area (Å²) in [5, 5.41) is 5.56. The first kappa shape index (κ1) is 23.8. The third-order valence-corrected chi connectivity index (χ3v) is 6.20. The molecule has 1 aliphatic heterocycles. The molecule has 0 saturated carbocycles. The predicted molar refractivity (Wildman–Crippen MR) is 130 cm³/mol. The summed E-state index contributed by atoms with van der Waals surface area (Å²) in [6, 6.07) is 14.0. The van der Waals surface area contributed by atoms with Crippen molar-refractivity contribution in [2.24, 2.45) is 0 Å². The smallest absolute Gasteiger partial charge is 0.313 e. The van der Waals surface area contributed by atoms with Gasteiger partial charge in [-0.15, -0.1) is 0 Å². The lowest BCUT2D eigenvalue weighted by atomic mass is 10.0. The van der Waals surface area contributed by atoms with Crippen molar-refractivity contribution in [1.82, 2.24) is 15.1 Å². The molecule has 0 radical (unpaired) electrons. The average Bonchev–Trinajstić information content (AvgIpc) is 2.77. The van der Waals surface area contributed by atoms with Crippen molar-refractivity contribution in [3.05, 3.63) is 59.2 Å². The average molecular weight is 438 g/mol. The Morgan fingerprint density at radius 1 is 0.938 bits per heavy atom. The summed E-state index contributed by atoms with van der Waals surface area (Å²) in [6.45, 7) is 8.16. The quantitative estimate of drug-likeness (QED) is 0.680. The van der Waals surface area contributed by atoms with Gasteiger partial charge in [-0.1, -0.05) is 18.2 Å². The van der Waals surface area contributed by atoms with E-state index in [1.165, 1.54) is 0 Å². The third kappa shape index (κ3) is 6.08. The summed E-state index contributed by atoms with van der Waals surface area (Å²) < 4.78 is 0. The molecule has 0 bridgehead atoms. The fourth-order valence-electron chi connectivity index (χ4n) is 3.86. The Kier molecular flexibility index (Phi) is 7.88. The highest BCUT2D eigenvalue weighted by molar-refractivity contribution is 6.39. The highest BCUT2D eigenvalue weighted by Gasteiger charge is 2.25. The van der Waals surface area contributed by atoms with Gasteiger partial charge in [0.25, 0.3) is 0 Å². The molecule has 2 aromatic rings. The van der Waals surface area contributed by atoms with Crippen LogP contribution >= 0.6 is 0 Å². The van der Waals surface area contributed by atoms with E-state index >= 15 is 0 Å². The third-order valence-electron chi connectivity index (χ3n) is 6.20. The molecule has 2 amide bonds. The van der Waals surface area contributed by atoms with Gasteiger partial charge in [0.2, 0.25) is 0 Å². The standard InChI is InChI=1S/C25H35N5O2/c1-18-6-9-21(16-19(18)2)27-25(32)24(31)26-17-23(30-14-12-29(5)13-15-30)20-7-10-22(11-8-20)28(3)4/h6-11,16,23H,12-15,17H2,1-5H3,(H,26,31)(H,27,32)/t23-/m0/s1. The highest BCUT2D eigenvalue weighted by atomic mass is 16.2. The molecule has 7 nitrogen and oxygen atoms in total. The van der Waals surface area contributed by atoms with Gasteiger partial charge in [-0.25, -0.2) is 0 Å². The number of benzene rings is 2. The summed E-state index contributed by atoms with van der Waals surface area (Å²) in [7, 11) is 6.15. The number of aryl methyl sites for hydroxylation is 2. The maximum absolute atomic E-state index is 12.6. The maximum Gasteiger partial charge on any atom is 0.313 e. The SMILES string of the molecule is Cc1ccc(NC(=O)C(=O)NC[C@@H](c2ccc(N(C)C)cc2)N2CCN(C)CC2)cc1C. The zero-order valence-electron chi connectivity index (χ0n) is 19.8. The normalized spacial score (nSPS) is 15.8. The van der Waals surface area contributed by atoms with Gasteiger partial charge in [-0.2, -0.15) is 0 Å². The second-order valence-corrected chi connectivity index (χ2v) is 8.80. The van der Waals surface area contributed by atoms with E-state index in [4.69, 9.17) is 0 Å². The van der Waals surface area contributed by atoms with Gasteiger partial charge >= 0.3 is 11.8 Å². The van der Waals surface area contributed by atoms with Crippen molar-refractivity contribution >= 4 is 23.2 Å². The molecule has 2 aromatic carbocycles. The molecule has 1 fully saturated rings. The first-order valence-electron chi connectivity index (χ1n) is 11.1. The van der Waals surface area contributed by atoms with Crippen LogP contribution in [-0.2, 0) is 9.59 Å². The lowest BCUT2D eigenvalue weighted by molar-refractivity contribution is -0.136. The van der Waals surface area contributed by atoms with E-state index in [-0.39, 0.29) is 6.04 Å². The molecule has 1 heterocycles. The first-order valence-corrected chi connectivity index (χ1v) is 11.1. The van der Waals surface area contributed by atoms with Gasteiger partial charge in [-0.05, 0) is 61.9 Å². The molecule has 0 spiro atoms. The topological polar surface area (TPSA) is 67.9 Å². The molecule has 3 rings (SSSR count). The molecule has 2 N–H and O–H groups in total. The molecule has 0 unspecified atom stereocenters. The second-order valence-electron chi connectivity index (χ2n) is 8.80. The second kappa shape index (κ2) is 10.6. The summed E-state index contributed by atoms with van der Waals surface area (Å²) in [6.07, 6.45) is 0.